The molecule has 1 aromatic carbocycles. The van der Waals surface area contributed by atoms with Gasteiger partial charge in [0, 0.05) is 24.6 Å². The molecule has 15 heteroatoms. The number of alkyl halides is 3. The Morgan fingerprint density at radius 3 is 2.61 bits per heavy atom. The number of hydrogen-bond donors (Lipinski definition) is 4. The van der Waals surface area contributed by atoms with Crippen molar-refractivity contribution in [3.63, 3.8) is 0 Å². The Morgan fingerprint density at radius 2 is 1.93 bits per heavy atom. The van der Waals surface area contributed by atoms with Crippen LogP contribution in [0.1, 0.15) is 29.3 Å². The van der Waals surface area contributed by atoms with Gasteiger partial charge in [0.1, 0.15) is 31.1 Å². The molecule has 0 radical (unpaired) electrons. The van der Waals surface area contributed by atoms with Gasteiger partial charge in [-0.3, -0.25) is 9.59 Å². The minimum atomic E-state index is -4.69. The summed E-state index contributed by atoms with van der Waals surface area (Å²) in [6.07, 6.45) is -5.37. The fourth-order valence-corrected chi connectivity index (χ4v) is 4.04. The zero-order valence-corrected chi connectivity index (χ0v) is 21.8. The molecule has 1 heterocycles. The summed E-state index contributed by atoms with van der Waals surface area (Å²) in [6, 6.07) is 4.50. The van der Waals surface area contributed by atoms with Crippen LogP contribution in [0, 0.1) is 0 Å². The molecule has 0 saturated carbocycles. The van der Waals surface area contributed by atoms with E-state index in [0.29, 0.717) is 0 Å². The van der Waals surface area contributed by atoms with Crippen molar-refractivity contribution in [2.75, 3.05) is 26.6 Å². The molecular weight excluding hydrogens is 557 g/mol. The van der Waals surface area contributed by atoms with Crippen molar-refractivity contribution >= 4 is 29.8 Å². The molecule has 224 valence electrons. The van der Waals surface area contributed by atoms with Crippen LogP contribution in [0.25, 0.3) is 6.08 Å². The third-order valence-corrected chi connectivity index (χ3v) is 5.97. The van der Waals surface area contributed by atoms with Crippen molar-refractivity contribution in [3.8, 4) is 0 Å². The van der Waals surface area contributed by atoms with Crippen molar-refractivity contribution < 1.29 is 61.5 Å². The molecule has 5 atom stereocenters. The Bertz CT molecular complexity index is 1180. The monoisotopic (exact) mass is 586 g/mol. The summed E-state index contributed by atoms with van der Waals surface area (Å²) < 4.78 is 57.6. The molecule has 0 aromatic heterocycles. The highest BCUT2D eigenvalue weighted by Gasteiger charge is 2.43. The topological polar surface area (TPSA) is 170 Å². The van der Waals surface area contributed by atoms with Crippen LogP contribution in [0.4, 0.5) is 13.2 Å². The van der Waals surface area contributed by atoms with Crippen LogP contribution in [0.5, 0.6) is 0 Å². The first-order chi connectivity index (χ1) is 19.4. The van der Waals surface area contributed by atoms with Gasteiger partial charge in [0.25, 0.3) is 0 Å². The number of halogens is 3. The third kappa shape index (κ3) is 9.11. The summed E-state index contributed by atoms with van der Waals surface area (Å²) >= 11 is 0. The van der Waals surface area contributed by atoms with Gasteiger partial charge in [-0.05, 0) is 30.7 Å². The Morgan fingerprint density at radius 1 is 1.20 bits per heavy atom. The minimum absolute atomic E-state index is 0.0295. The standard InChI is InChI=1S/C26H29F3N2O10/c1-14(33)21(24(36)30-8-9-32)31-23(35)16-10-18-22(40-13-39-18)19(11-16)41-25(37)17-5-3-2-4-15(17)6-7-20(34)38-12-26(27,28)29/h2-7,10,14,18-19,21-22,32-33H,8-9,11-13H2,1H3,(H,30,36)(H,31,35)/t14-,18+,19+,21+,22+/m0/s1. The predicted octanol–water partition coefficient (Wildman–Crippen LogP) is 0.376. The smallest absolute Gasteiger partial charge is 0.422 e. The molecule has 1 aliphatic carbocycles. The maximum Gasteiger partial charge on any atom is 0.422 e. The van der Waals surface area contributed by atoms with Crippen LogP contribution in [-0.2, 0) is 33.3 Å². The Kier molecular flexibility index (Phi) is 11.0. The second kappa shape index (κ2) is 14.2. The van der Waals surface area contributed by atoms with Gasteiger partial charge in [-0.15, -0.1) is 0 Å². The molecule has 0 unspecified atom stereocenters. The quantitative estimate of drug-likeness (QED) is 0.210. The van der Waals surface area contributed by atoms with Gasteiger partial charge in [0.05, 0.1) is 18.3 Å². The Hall–Kier alpha value is -3.79. The number of nitrogens with one attached hydrogen (secondary N) is 2. The van der Waals surface area contributed by atoms with E-state index < -0.39 is 67.0 Å². The summed E-state index contributed by atoms with van der Waals surface area (Å²) in [7, 11) is 0. The molecule has 41 heavy (non-hydrogen) atoms. The molecule has 1 saturated heterocycles. The van der Waals surface area contributed by atoms with Gasteiger partial charge < -0.3 is 39.8 Å². The van der Waals surface area contributed by atoms with E-state index in [0.717, 1.165) is 12.2 Å². The fraction of sp³-hybridized carbons (Fsp3) is 0.462. The summed E-state index contributed by atoms with van der Waals surface area (Å²) in [6.45, 7) is -1.03. The van der Waals surface area contributed by atoms with E-state index in [2.05, 4.69) is 15.4 Å². The van der Waals surface area contributed by atoms with Gasteiger partial charge in [0.2, 0.25) is 11.8 Å². The zero-order chi connectivity index (χ0) is 30.2. The molecule has 3 rings (SSSR count). The molecule has 0 spiro atoms. The molecule has 4 N–H and O–H groups in total. The number of amides is 2. The van der Waals surface area contributed by atoms with E-state index in [9.17, 15) is 37.5 Å². The van der Waals surface area contributed by atoms with Crippen LogP contribution in [0.15, 0.2) is 42.0 Å². The van der Waals surface area contributed by atoms with Crippen molar-refractivity contribution in [3.05, 3.63) is 53.1 Å². The summed E-state index contributed by atoms with van der Waals surface area (Å²) in [5.41, 5.74) is 0.216. The molecule has 1 fully saturated rings. The number of aliphatic hydroxyl groups excluding tert-OH is 2. The molecule has 0 bridgehead atoms. The van der Waals surface area contributed by atoms with E-state index in [1.165, 1.54) is 37.3 Å². The van der Waals surface area contributed by atoms with Crippen molar-refractivity contribution in [2.24, 2.45) is 0 Å². The van der Waals surface area contributed by atoms with Crippen LogP contribution < -0.4 is 10.6 Å². The zero-order valence-electron chi connectivity index (χ0n) is 21.8. The molecule has 1 aromatic rings. The van der Waals surface area contributed by atoms with Crippen LogP contribution in [0.2, 0.25) is 0 Å². The number of ether oxygens (including phenoxy) is 4. The largest absolute Gasteiger partial charge is 0.456 e. The van der Waals surface area contributed by atoms with Crippen LogP contribution in [0.3, 0.4) is 0 Å². The molecule has 12 nitrogen and oxygen atoms in total. The second-order valence-corrected chi connectivity index (χ2v) is 9.07. The maximum absolute atomic E-state index is 13.1. The van der Waals surface area contributed by atoms with Crippen LogP contribution in [-0.4, -0.2) is 97.2 Å². The average Bonchev–Trinajstić information content (AvgIpc) is 3.41. The molecule has 1 aliphatic heterocycles. The first-order valence-corrected chi connectivity index (χ1v) is 12.4. The Balaban J connectivity index is 1.72. The fourth-order valence-electron chi connectivity index (χ4n) is 4.04. The first kappa shape index (κ1) is 31.7. The van der Waals surface area contributed by atoms with Gasteiger partial charge in [-0.25, -0.2) is 9.59 Å². The average molecular weight is 587 g/mol. The predicted molar refractivity (Wildman–Crippen MR) is 133 cm³/mol. The van der Waals surface area contributed by atoms with Gasteiger partial charge in [0.15, 0.2) is 6.61 Å². The lowest BCUT2D eigenvalue weighted by Gasteiger charge is -2.31. The number of benzene rings is 1. The van der Waals surface area contributed by atoms with Crippen molar-refractivity contribution in [1.29, 1.82) is 0 Å². The van der Waals surface area contributed by atoms with E-state index in [-0.39, 0.29) is 43.1 Å². The molecule has 2 aliphatic rings. The number of carbonyl (C=O) groups is 4. The second-order valence-electron chi connectivity index (χ2n) is 9.07. The number of esters is 2. The molecule has 2 amide bonds. The number of carbonyl (C=O) groups excluding carboxylic acids is 4. The number of rotatable bonds is 11. The summed E-state index contributed by atoms with van der Waals surface area (Å²) in [5, 5.41) is 23.7. The first-order valence-electron chi connectivity index (χ1n) is 12.4. The van der Waals surface area contributed by atoms with E-state index in [1.54, 1.807) is 0 Å². The van der Waals surface area contributed by atoms with Crippen molar-refractivity contribution in [1.82, 2.24) is 10.6 Å². The summed E-state index contributed by atoms with van der Waals surface area (Å²) in [5.74, 6) is -3.59. The lowest BCUT2D eigenvalue weighted by atomic mass is 9.91. The highest BCUT2D eigenvalue weighted by molar-refractivity contribution is 5.98. The van der Waals surface area contributed by atoms with Crippen molar-refractivity contribution in [2.45, 2.75) is 50.0 Å². The van der Waals surface area contributed by atoms with Gasteiger partial charge >= 0.3 is 18.1 Å². The van der Waals surface area contributed by atoms with E-state index in [1.807, 2.05) is 0 Å². The minimum Gasteiger partial charge on any atom is -0.456 e. The number of fused-ring (bicyclic) bond motifs is 1. The lowest BCUT2D eigenvalue weighted by molar-refractivity contribution is -0.182. The third-order valence-electron chi connectivity index (χ3n) is 5.97. The normalized spacial score (nSPS) is 21.8. The number of hydrogen-bond acceptors (Lipinski definition) is 10. The van der Waals surface area contributed by atoms with Gasteiger partial charge in [-0.1, -0.05) is 18.2 Å². The van der Waals surface area contributed by atoms with E-state index in [4.69, 9.17) is 19.3 Å². The van der Waals surface area contributed by atoms with E-state index >= 15 is 0 Å². The SMILES string of the molecule is C[C@H](O)[C@@H](NC(=O)C1=C[C@H]2OCO[C@H]2[C@H](OC(=O)c2ccccc2C=CC(=O)OCC(F)(F)F)C1)C(=O)NCCO. The number of aliphatic hydroxyl groups is 2. The van der Waals surface area contributed by atoms with Gasteiger partial charge in [-0.2, -0.15) is 13.2 Å². The highest BCUT2D eigenvalue weighted by atomic mass is 19.4. The van der Waals surface area contributed by atoms with Crippen LogP contribution >= 0.6 is 0 Å². The summed E-state index contributed by atoms with van der Waals surface area (Å²) in [4.78, 5) is 50.1. The lowest BCUT2D eigenvalue weighted by Crippen LogP contribution is -2.54. The Labute approximate surface area is 232 Å². The highest BCUT2D eigenvalue weighted by Crippen LogP contribution is 2.31. The molecular formula is C26H29F3N2O10. The maximum atomic E-state index is 13.1.